The topological polar surface area (TPSA) is 120 Å². The highest BCUT2D eigenvalue weighted by Crippen LogP contribution is 2.28. The molecule has 0 spiro atoms. The Morgan fingerprint density at radius 2 is 1.81 bits per heavy atom. The number of nitrogens with zero attached hydrogens (tertiary/aromatic N) is 1. The second-order valence-corrected chi connectivity index (χ2v) is 12.2. The van der Waals surface area contributed by atoms with Gasteiger partial charge in [0, 0.05) is 42.5 Å². The van der Waals surface area contributed by atoms with Gasteiger partial charge in [-0.15, -0.1) is 0 Å². The van der Waals surface area contributed by atoms with Crippen LogP contribution in [0.1, 0.15) is 44.6 Å². The van der Waals surface area contributed by atoms with E-state index in [0.717, 1.165) is 50.4 Å². The molecule has 0 bridgehead atoms. The van der Waals surface area contributed by atoms with Crippen molar-refractivity contribution in [1.29, 1.82) is 0 Å². The Kier molecular flexibility index (Phi) is 12.5. The zero-order valence-electron chi connectivity index (χ0n) is 27.3. The van der Waals surface area contributed by atoms with Crippen molar-refractivity contribution in [2.45, 2.75) is 45.4 Å². The number of halogens is 2. The van der Waals surface area contributed by atoms with Gasteiger partial charge in [-0.25, -0.2) is 4.39 Å². The number of nitrogens with one attached hydrogen (secondary N) is 3. The molecular weight excluding hydrogens is 639 g/mol. The molecule has 12 heteroatoms. The molecule has 2 amide bonds. The number of ether oxygens (including phenoxy) is 4. The average Bonchev–Trinajstić information content (AvgIpc) is 3.09. The van der Waals surface area contributed by atoms with Crippen molar-refractivity contribution in [3.05, 3.63) is 75.5 Å². The van der Waals surface area contributed by atoms with E-state index in [1.165, 1.54) is 12.1 Å². The molecule has 3 aromatic carbocycles. The number of anilines is 1. The van der Waals surface area contributed by atoms with Crippen LogP contribution in [0.5, 0.6) is 23.0 Å². The van der Waals surface area contributed by atoms with Crippen molar-refractivity contribution < 1.29 is 32.9 Å². The van der Waals surface area contributed by atoms with Crippen LogP contribution < -0.4 is 45.5 Å². The summed E-state index contributed by atoms with van der Waals surface area (Å²) in [6.07, 6.45) is 5.01. The zero-order chi connectivity index (χ0) is 33.9. The van der Waals surface area contributed by atoms with Gasteiger partial charge in [-0.1, -0.05) is 31.0 Å². The molecule has 1 fully saturated rings. The van der Waals surface area contributed by atoms with E-state index in [1.54, 1.807) is 19.2 Å². The van der Waals surface area contributed by atoms with Crippen molar-refractivity contribution in [3.63, 3.8) is 0 Å². The summed E-state index contributed by atoms with van der Waals surface area (Å²) in [6.45, 7) is 5.93. The third-order valence-corrected chi connectivity index (χ3v) is 8.51. The molecule has 0 saturated carbocycles. The molecule has 0 aromatic heterocycles. The van der Waals surface area contributed by atoms with Crippen LogP contribution in [-0.4, -0.2) is 58.3 Å². The van der Waals surface area contributed by atoms with Crippen molar-refractivity contribution in [2.24, 2.45) is 10.9 Å². The second-order valence-electron chi connectivity index (χ2n) is 11.8. The number of carbonyl (C=O) groups is 2. The van der Waals surface area contributed by atoms with Crippen LogP contribution in [0.4, 0.5) is 10.1 Å². The number of fused-ring (bicyclic) bond motifs is 1. The molecule has 3 aromatic rings. The van der Waals surface area contributed by atoms with Crippen LogP contribution in [0.25, 0.3) is 5.76 Å². The van der Waals surface area contributed by atoms with Crippen molar-refractivity contribution >= 4 is 34.9 Å². The summed E-state index contributed by atoms with van der Waals surface area (Å²) in [5, 5.41) is 10.2. The summed E-state index contributed by atoms with van der Waals surface area (Å²) in [7, 11) is 1.58. The Labute approximate surface area is 284 Å². The SMILES string of the molecule is CCCCOc1ccc(CCNC(=O)C(=O)Nc2ccc(OC3=c4cc(OC)c(OCC5CCNCC5)cc4=NCC3)c(F)c2)cc1Cl. The largest absolute Gasteiger partial charge is 0.493 e. The lowest BCUT2D eigenvalue weighted by atomic mass is 9.99. The van der Waals surface area contributed by atoms with Crippen LogP contribution >= 0.6 is 11.6 Å². The fraction of sp³-hybridized carbons (Fsp3) is 0.417. The minimum absolute atomic E-state index is 0.0223. The van der Waals surface area contributed by atoms with Gasteiger partial charge in [0.15, 0.2) is 23.1 Å². The van der Waals surface area contributed by atoms with E-state index in [9.17, 15) is 9.59 Å². The van der Waals surface area contributed by atoms with E-state index in [0.29, 0.717) is 77.1 Å². The number of methoxy groups -OCH3 is 1. The fourth-order valence-electron chi connectivity index (χ4n) is 5.48. The van der Waals surface area contributed by atoms with Crippen LogP contribution in [0.15, 0.2) is 53.5 Å². The standard InChI is InChI=1S/C36H42ClFN4O6/c1-3-4-17-46-31-7-5-23(18-27(31)37)11-15-41-35(43)36(44)42-25-6-8-32(28(38)19-25)48-30-12-16-40-29-21-34(33(45-2)20-26(29)30)47-22-24-9-13-39-14-10-24/h5-8,18-21,24,39H,3-4,9-17,22H2,1-2H3,(H,41,43)(H,42,44). The van der Waals surface area contributed by atoms with Gasteiger partial charge in [-0.3, -0.25) is 14.6 Å². The summed E-state index contributed by atoms with van der Waals surface area (Å²) < 4.78 is 38.6. The fourth-order valence-corrected chi connectivity index (χ4v) is 5.73. The number of unbranched alkanes of at least 4 members (excludes halogenated alkanes) is 1. The summed E-state index contributed by atoms with van der Waals surface area (Å²) in [5.74, 6) is 0.316. The highest BCUT2D eigenvalue weighted by molar-refractivity contribution is 6.39. The lowest BCUT2D eigenvalue weighted by Gasteiger charge is -2.23. The van der Waals surface area contributed by atoms with E-state index in [-0.39, 0.29) is 18.0 Å². The lowest BCUT2D eigenvalue weighted by molar-refractivity contribution is -0.136. The Hall–Kier alpha value is -4.35. The number of hydrogen-bond acceptors (Lipinski definition) is 8. The number of hydrogen-bond donors (Lipinski definition) is 3. The van der Waals surface area contributed by atoms with Gasteiger partial charge in [-0.05, 0) is 80.6 Å². The van der Waals surface area contributed by atoms with Gasteiger partial charge in [0.1, 0.15) is 11.5 Å². The van der Waals surface area contributed by atoms with Gasteiger partial charge < -0.3 is 34.9 Å². The zero-order valence-corrected chi connectivity index (χ0v) is 28.1. The molecule has 5 rings (SSSR count). The predicted octanol–water partition coefficient (Wildman–Crippen LogP) is 4.55. The van der Waals surface area contributed by atoms with Gasteiger partial charge >= 0.3 is 11.8 Å². The normalized spacial score (nSPS) is 14.4. The molecule has 2 aliphatic heterocycles. The van der Waals surface area contributed by atoms with Gasteiger partial charge in [-0.2, -0.15) is 0 Å². The minimum Gasteiger partial charge on any atom is -0.493 e. The van der Waals surface area contributed by atoms with Crippen LogP contribution in [0.3, 0.4) is 0 Å². The van der Waals surface area contributed by atoms with E-state index in [4.69, 9.17) is 30.5 Å². The molecule has 0 aliphatic carbocycles. The maximum Gasteiger partial charge on any atom is 0.313 e. The summed E-state index contributed by atoms with van der Waals surface area (Å²) in [6, 6.07) is 13.1. The molecular formula is C36H42ClFN4O6. The number of rotatable bonds is 14. The van der Waals surface area contributed by atoms with Gasteiger partial charge in [0.2, 0.25) is 0 Å². The van der Waals surface area contributed by atoms with E-state index < -0.39 is 17.6 Å². The third kappa shape index (κ3) is 9.38. The molecule has 2 heterocycles. The maximum atomic E-state index is 15.2. The summed E-state index contributed by atoms with van der Waals surface area (Å²) in [4.78, 5) is 29.5. The molecule has 10 nitrogen and oxygen atoms in total. The highest BCUT2D eigenvalue weighted by atomic mass is 35.5. The first-order chi connectivity index (χ1) is 23.3. The number of amides is 2. The Balaban J connectivity index is 1.16. The first-order valence-electron chi connectivity index (χ1n) is 16.4. The third-order valence-electron chi connectivity index (χ3n) is 8.22. The smallest absolute Gasteiger partial charge is 0.313 e. The van der Waals surface area contributed by atoms with E-state index >= 15 is 4.39 Å². The van der Waals surface area contributed by atoms with Gasteiger partial charge in [0.05, 0.1) is 30.7 Å². The average molecular weight is 681 g/mol. The van der Waals surface area contributed by atoms with Crippen molar-refractivity contribution in [1.82, 2.24) is 10.6 Å². The first kappa shape index (κ1) is 35.0. The summed E-state index contributed by atoms with van der Waals surface area (Å²) >= 11 is 6.31. The molecule has 48 heavy (non-hydrogen) atoms. The molecule has 256 valence electrons. The molecule has 0 atom stereocenters. The quantitative estimate of drug-likeness (QED) is 0.169. The Morgan fingerprint density at radius 1 is 1.00 bits per heavy atom. The molecule has 0 radical (unpaired) electrons. The number of piperidine rings is 1. The molecule has 1 saturated heterocycles. The number of benzene rings is 3. The number of carbonyl (C=O) groups excluding carboxylic acids is 2. The van der Waals surface area contributed by atoms with E-state index in [2.05, 4.69) is 27.9 Å². The van der Waals surface area contributed by atoms with Crippen molar-refractivity contribution in [3.8, 4) is 23.0 Å². The highest BCUT2D eigenvalue weighted by Gasteiger charge is 2.19. The monoisotopic (exact) mass is 680 g/mol. The molecule has 3 N–H and O–H groups in total. The molecule has 2 aliphatic rings. The minimum atomic E-state index is -0.914. The van der Waals surface area contributed by atoms with Gasteiger partial charge in [0.25, 0.3) is 0 Å². The second kappa shape index (κ2) is 17.2. The molecule has 0 unspecified atom stereocenters. The maximum absolute atomic E-state index is 15.2. The lowest BCUT2D eigenvalue weighted by Crippen LogP contribution is -2.36. The first-order valence-corrected chi connectivity index (χ1v) is 16.8. The van der Waals surface area contributed by atoms with E-state index in [1.807, 2.05) is 18.2 Å². The summed E-state index contributed by atoms with van der Waals surface area (Å²) in [5.41, 5.74) is 1.000. The predicted molar refractivity (Wildman–Crippen MR) is 182 cm³/mol. The van der Waals surface area contributed by atoms with Crippen LogP contribution in [0, 0.1) is 11.7 Å². The van der Waals surface area contributed by atoms with Crippen LogP contribution in [0.2, 0.25) is 5.02 Å². The Bertz CT molecular complexity index is 1730. The Morgan fingerprint density at radius 3 is 2.56 bits per heavy atom. The van der Waals surface area contributed by atoms with Crippen molar-refractivity contribution in [2.75, 3.05) is 51.8 Å². The van der Waals surface area contributed by atoms with Crippen LogP contribution in [-0.2, 0) is 16.0 Å².